The van der Waals surface area contributed by atoms with Crippen LogP contribution in [0.4, 0.5) is 0 Å². The van der Waals surface area contributed by atoms with Gasteiger partial charge in [0.05, 0.1) is 5.69 Å². The van der Waals surface area contributed by atoms with Crippen LogP contribution in [0.5, 0.6) is 0 Å². The summed E-state index contributed by atoms with van der Waals surface area (Å²) in [5.74, 6) is 2.91. The molecule has 1 atom stereocenters. The Morgan fingerprint density at radius 3 is 3.00 bits per heavy atom. The maximum absolute atomic E-state index is 5.17. The minimum absolute atomic E-state index is 0.314. The van der Waals surface area contributed by atoms with Gasteiger partial charge in [-0.3, -0.25) is 9.97 Å². The minimum atomic E-state index is 0.314. The summed E-state index contributed by atoms with van der Waals surface area (Å²) in [5.41, 5.74) is 0.963. The lowest BCUT2D eigenvalue weighted by Crippen LogP contribution is -1.95. The molecule has 0 amide bonds. The zero-order valence-corrected chi connectivity index (χ0v) is 6.49. The Kier molecular flexibility index (Phi) is 2.62. The van der Waals surface area contributed by atoms with E-state index in [2.05, 4.69) is 15.9 Å². The van der Waals surface area contributed by atoms with E-state index < -0.39 is 0 Å². The highest BCUT2D eigenvalue weighted by molar-refractivity contribution is 5.05. The van der Waals surface area contributed by atoms with E-state index >= 15 is 0 Å². The first-order valence-corrected chi connectivity index (χ1v) is 3.54. The van der Waals surface area contributed by atoms with Crippen LogP contribution in [-0.4, -0.2) is 9.97 Å². The standard InChI is InChI=1S/C9H10N2/c1-3-4-8(2)9-7-10-5-6-11-9/h1,5-8H,4H2,2H3. The van der Waals surface area contributed by atoms with E-state index in [4.69, 9.17) is 6.42 Å². The van der Waals surface area contributed by atoms with Gasteiger partial charge in [0.15, 0.2) is 0 Å². The van der Waals surface area contributed by atoms with Crippen LogP contribution in [0.2, 0.25) is 0 Å². The van der Waals surface area contributed by atoms with Gasteiger partial charge in [-0.2, -0.15) is 0 Å². The Balaban J connectivity index is 2.70. The first-order valence-electron chi connectivity index (χ1n) is 3.54. The quantitative estimate of drug-likeness (QED) is 0.592. The Hall–Kier alpha value is -1.36. The highest BCUT2D eigenvalue weighted by atomic mass is 14.8. The lowest BCUT2D eigenvalue weighted by atomic mass is 10.1. The molecule has 1 unspecified atom stereocenters. The summed E-state index contributed by atoms with van der Waals surface area (Å²) in [5, 5.41) is 0. The summed E-state index contributed by atoms with van der Waals surface area (Å²) < 4.78 is 0. The molecular formula is C9H10N2. The Morgan fingerprint density at radius 2 is 2.45 bits per heavy atom. The predicted molar refractivity (Wildman–Crippen MR) is 43.9 cm³/mol. The first kappa shape index (κ1) is 7.74. The largest absolute Gasteiger partial charge is 0.261 e. The molecule has 0 saturated heterocycles. The van der Waals surface area contributed by atoms with Crippen LogP contribution >= 0.6 is 0 Å². The van der Waals surface area contributed by atoms with Gasteiger partial charge < -0.3 is 0 Å². The molecule has 0 aliphatic heterocycles. The van der Waals surface area contributed by atoms with Crippen LogP contribution in [0.15, 0.2) is 18.6 Å². The molecule has 56 valence electrons. The first-order chi connectivity index (χ1) is 5.34. The summed E-state index contributed by atoms with van der Waals surface area (Å²) in [4.78, 5) is 8.10. The average Bonchev–Trinajstić information content (AvgIpc) is 2.07. The van der Waals surface area contributed by atoms with Crippen molar-refractivity contribution in [1.29, 1.82) is 0 Å². The zero-order chi connectivity index (χ0) is 8.10. The van der Waals surface area contributed by atoms with Crippen molar-refractivity contribution < 1.29 is 0 Å². The molecule has 11 heavy (non-hydrogen) atoms. The predicted octanol–water partition coefficient (Wildman–Crippen LogP) is 1.60. The number of hydrogen-bond donors (Lipinski definition) is 0. The van der Waals surface area contributed by atoms with E-state index in [1.807, 2.05) is 6.92 Å². The lowest BCUT2D eigenvalue weighted by Gasteiger charge is -2.04. The molecule has 0 bridgehead atoms. The molecule has 0 aliphatic carbocycles. The van der Waals surface area contributed by atoms with Gasteiger partial charge in [0.2, 0.25) is 0 Å². The summed E-state index contributed by atoms with van der Waals surface area (Å²) in [6.07, 6.45) is 11.0. The maximum Gasteiger partial charge on any atom is 0.0624 e. The number of hydrogen-bond acceptors (Lipinski definition) is 2. The molecule has 2 heteroatoms. The van der Waals surface area contributed by atoms with Crippen LogP contribution in [0, 0.1) is 12.3 Å². The lowest BCUT2D eigenvalue weighted by molar-refractivity contribution is 0.755. The second kappa shape index (κ2) is 3.72. The summed E-state index contributed by atoms with van der Waals surface area (Å²) >= 11 is 0. The van der Waals surface area contributed by atoms with Crippen LogP contribution in [0.1, 0.15) is 25.0 Å². The number of rotatable bonds is 2. The summed E-state index contributed by atoms with van der Waals surface area (Å²) in [6, 6.07) is 0. The molecule has 1 aromatic heterocycles. The van der Waals surface area contributed by atoms with Gasteiger partial charge in [-0.1, -0.05) is 6.92 Å². The van der Waals surface area contributed by atoms with Crippen molar-refractivity contribution in [2.75, 3.05) is 0 Å². The Labute approximate surface area is 66.7 Å². The highest BCUT2D eigenvalue weighted by Gasteiger charge is 2.03. The van der Waals surface area contributed by atoms with Gasteiger partial charge in [-0.15, -0.1) is 12.3 Å². The second-order valence-electron chi connectivity index (χ2n) is 2.44. The number of nitrogens with zero attached hydrogens (tertiary/aromatic N) is 2. The van der Waals surface area contributed by atoms with Gasteiger partial charge in [0.1, 0.15) is 0 Å². The van der Waals surface area contributed by atoms with Crippen LogP contribution in [0.25, 0.3) is 0 Å². The van der Waals surface area contributed by atoms with E-state index in [9.17, 15) is 0 Å². The topological polar surface area (TPSA) is 25.8 Å². The van der Waals surface area contributed by atoms with Crippen molar-refractivity contribution in [3.05, 3.63) is 24.3 Å². The molecule has 1 heterocycles. The van der Waals surface area contributed by atoms with Crippen LogP contribution in [-0.2, 0) is 0 Å². The molecule has 0 fully saturated rings. The van der Waals surface area contributed by atoms with Crippen molar-refractivity contribution in [1.82, 2.24) is 9.97 Å². The molecule has 2 nitrogen and oxygen atoms in total. The van der Waals surface area contributed by atoms with Crippen LogP contribution in [0.3, 0.4) is 0 Å². The van der Waals surface area contributed by atoms with E-state index in [0.717, 1.165) is 12.1 Å². The maximum atomic E-state index is 5.17. The molecule has 1 rings (SSSR count). The fourth-order valence-corrected chi connectivity index (χ4v) is 0.846. The van der Waals surface area contributed by atoms with E-state index in [1.165, 1.54) is 0 Å². The SMILES string of the molecule is C#CCC(C)c1cnccn1. The fourth-order valence-electron chi connectivity index (χ4n) is 0.846. The van der Waals surface area contributed by atoms with Crippen molar-refractivity contribution in [2.24, 2.45) is 0 Å². The number of terminal acetylenes is 1. The monoisotopic (exact) mass is 146 g/mol. The van der Waals surface area contributed by atoms with Gasteiger partial charge in [-0.25, -0.2) is 0 Å². The van der Waals surface area contributed by atoms with Crippen LogP contribution < -0.4 is 0 Å². The normalized spacial score (nSPS) is 12.0. The third-order valence-electron chi connectivity index (χ3n) is 1.51. The fraction of sp³-hybridized carbons (Fsp3) is 0.333. The molecule has 1 aromatic rings. The van der Waals surface area contributed by atoms with Gasteiger partial charge in [0, 0.05) is 30.9 Å². The molecule has 0 spiro atoms. The third kappa shape index (κ3) is 2.05. The molecule has 0 saturated carbocycles. The smallest absolute Gasteiger partial charge is 0.0624 e. The Morgan fingerprint density at radius 1 is 1.64 bits per heavy atom. The summed E-state index contributed by atoms with van der Waals surface area (Å²) in [6.45, 7) is 2.05. The third-order valence-corrected chi connectivity index (χ3v) is 1.51. The van der Waals surface area contributed by atoms with Crippen molar-refractivity contribution in [2.45, 2.75) is 19.3 Å². The second-order valence-corrected chi connectivity index (χ2v) is 2.44. The zero-order valence-electron chi connectivity index (χ0n) is 6.49. The van der Waals surface area contributed by atoms with Gasteiger partial charge in [-0.05, 0) is 0 Å². The Bertz CT molecular complexity index is 248. The van der Waals surface area contributed by atoms with Crippen molar-refractivity contribution in [3.63, 3.8) is 0 Å². The molecular weight excluding hydrogens is 136 g/mol. The molecule has 0 aromatic carbocycles. The van der Waals surface area contributed by atoms with Crippen molar-refractivity contribution >= 4 is 0 Å². The molecule has 0 aliphatic rings. The minimum Gasteiger partial charge on any atom is -0.261 e. The van der Waals surface area contributed by atoms with E-state index in [1.54, 1.807) is 18.6 Å². The average molecular weight is 146 g/mol. The van der Waals surface area contributed by atoms with Gasteiger partial charge >= 0.3 is 0 Å². The molecule has 0 radical (unpaired) electrons. The van der Waals surface area contributed by atoms with Gasteiger partial charge in [0.25, 0.3) is 0 Å². The molecule has 0 N–H and O–H groups in total. The van der Waals surface area contributed by atoms with E-state index in [-0.39, 0.29) is 0 Å². The summed E-state index contributed by atoms with van der Waals surface area (Å²) in [7, 11) is 0. The van der Waals surface area contributed by atoms with Crippen molar-refractivity contribution in [3.8, 4) is 12.3 Å². The highest BCUT2D eigenvalue weighted by Crippen LogP contribution is 2.13. The van der Waals surface area contributed by atoms with E-state index in [0.29, 0.717) is 5.92 Å². The number of aromatic nitrogens is 2.